The Bertz CT molecular complexity index is 158. The molecule has 0 spiro atoms. The SMILES string of the molecule is CCCCN([SiH3])C(N(CC)CC)N(CC)CC. The predicted octanol–water partition coefficient (Wildman–Crippen LogP) is 1.34. The molecule has 0 aliphatic heterocycles. The van der Waals surface area contributed by atoms with Crippen molar-refractivity contribution in [2.24, 2.45) is 0 Å². The summed E-state index contributed by atoms with van der Waals surface area (Å²) in [6.07, 6.45) is 3.14. The van der Waals surface area contributed by atoms with Gasteiger partial charge in [-0.1, -0.05) is 41.0 Å². The predicted molar refractivity (Wildman–Crippen MR) is 81.2 cm³/mol. The summed E-state index contributed by atoms with van der Waals surface area (Å²) in [5.41, 5.74) is 0. The van der Waals surface area contributed by atoms with Gasteiger partial charge in [-0.25, -0.2) is 0 Å². The normalized spacial score (nSPS) is 12.5. The van der Waals surface area contributed by atoms with E-state index in [0.717, 1.165) is 36.6 Å². The van der Waals surface area contributed by atoms with E-state index in [-0.39, 0.29) is 0 Å². The molecule has 0 unspecified atom stereocenters. The Labute approximate surface area is 112 Å². The van der Waals surface area contributed by atoms with Crippen LogP contribution in [0.3, 0.4) is 0 Å². The second-order valence-corrected chi connectivity index (χ2v) is 5.77. The standard InChI is InChI=1S/C13H33N3Si/c1-6-11-12-16(17)13(14(7-2)8-3)15(9-4)10-5/h13H,6-12H2,1-5,17H3. The third-order valence-corrected chi connectivity index (χ3v) is 4.45. The van der Waals surface area contributed by atoms with Gasteiger partial charge in [-0.05, 0) is 39.1 Å². The molecule has 0 radical (unpaired) electrons. The summed E-state index contributed by atoms with van der Waals surface area (Å²) < 4.78 is 2.64. The maximum absolute atomic E-state index is 2.64. The Hall–Kier alpha value is 0.0969. The highest BCUT2D eigenvalue weighted by atomic mass is 28.2. The molecule has 0 fully saturated rings. The molecule has 104 valence electrons. The summed E-state index contributed by atoms with van der Waals surface area (Å²) in [7, 11) is 1.15. The van der Waals surface area contributed by atoms with Crippen LogP contribution in [0.2, 0.25) is 0 Å². The molecule has 17 heavy (non-hydrogen) atoms. The first-order valence-corrected chi connectivity index (χ1v) is 8.23. The van der Waals surface area contributed by atoms with Crippen LogP contribution in [0.4, 0.5) is 0 Å². The molecular formula is C13H33N3Si. The second-order valence-electron chi connectivity index (χ2n) is 4.62. The molecule has 0 N–H and O–H groups in total. The van der Waals surface area contributed by atoms with Crippen LogP contribution in [0.5, 0.6) is 0 Å². The smallest absolute Gasteiger partial charge is 0.112 e. The van der Waals surface area contributed by atoms with E-state index in [1.165, 1.54) is 19.4 Å². The second kappa shape index (κ2) is 10.1. The summed E-state index contributed by atoms with van der Waals surface area (Å²) in [5, 5.41) is 0. The van der Waals surface area contributed by atoms with Crippen LogP contribution in [0.15, 0.2) is 0 Å². The van der Waals surface area contributed by atoms with Gasteiger partial charge < -0.3 is 4.57 Å². The summed E-state index contributed by atoms with van der Waals surface area (Å²) >= 11 is 0. The minimum Gasteiger partial charge on any atom is -0.306 e. The highest BCUT2D eigenvalue weighted by molar-refractivity contribution is 6.04. The molecule has 0 amide bonds. The molecule has 0 aromatic heterocycles. The van der Waals surface area contributed by atoms with E-state index in [1.807, 2.05) is 0 Å². The molecule has 0 saturated heterocycles. The first kappa shape index (κ1) is 17.1. The van der Waals surface area contributed by atoms with E-state index in [1.54, 1.807) is 0 Å². The van der Waals surface area contributed by atoms with Crippen molar-refractivity contribution in [1.29, 1.82) is 0 Å². The van der Waals surface area contributed by atoms with Crippen LogP contribution >= 0.6 is 0 Å². The lowest BCUT2D eigenvalue weighted by Crippen LogP contribution is -2.57. The van der Waals surface area contributed by atoms with Gasteiger partial charge in [0.1, 0.15) is 6.29 Å². The summed E-state index contributed by atoms with van der Waals surface area (Å²) in [4.78, 5) is 5.16. The van der Waals surface area contributed by atoms with Gasteiger partial charge in [-0.3, -0.25) is 9.80 Å². The maximum Gasteiger partial charge on any atom is 0.112 e. The molecule has 3 nitrogen and oxygen atoms in total. The Morgan fingerprint density at radius 3 is 1.53 bits per heavy atom. The minimum atomic E-state index is 0.526. The number of rotatable bonds is 10. The van der Waals surface area contributed by atoms with Gasteiger partial charge in [-0.2, -0.15) is 0 Å². The lowest BCUT2D eigenvalue weighted by atomic mass is 10.3. The van der Waals surface area contributed by atoms with Crippen molar-refractivity contribution in [3.63, 3.8) is 0 Å². The van der Waals surface area contributed by atoms with E-state index in [4.69, 9.17) is 0 Å². The fourth-order valence-corrected chi connectivity index (χ4v) is 3.38. The topological polar surface area (TPSA) is 9.72 Å². The van der Waals surface area contributed by atoms with E-state index in [9.17, 15) is 0 Å². The molecule has 0 aromatic rings. The Morgan fingerprint density at radius 1 is 0.824 bits per heavy atom. The molecule has 0 aromatic carbocycles. The van der Waals surface area contributed by atoms with Crippen molar-refractivity contribution >= 4 is 10.4 Å². The Kier molecular flexibility index (Phi) is 10.1. The largest absolute Gasteiger partial charge is 0.306 e. The van der Waals surface area contributed by atoms with Crippen LogP contribution < -0.4 is 0 Å². The fraction of sp³-hybridized carbons (Fsp3) is 1.00. The van der Waals surface area contributed by atoms with Crippen LogP contribution in [0.1, 0.15) is 47.5 Å². The van der Waals surface area contributed by atoms with Crippen LogP contribution in [0.25, 0.3) is 0 Å². The lowest BCUT2D eigenvalue weighted by molar-refractivity contribution is -0.0222. The third kappa shape index (κ3) is 5.51. The van der Waals surface area contributed by atoms with Gasteiger partial charge in [0.15, 0.2) is 0 Å². The fourth-order valence-electron chi connectivity index (χ4n) is 2.41. The van der Waals surface area contributed by atoms with Crippen LogP contribution in [-0.2, 0) is 0 Å². The first-order chi connectivity index (χ1) is 8.15. The number of hydrogen-bond acceptors (Lipinski definition) is 3. The number of unbranched alkanes of at least 4 members (excludes halogenated alkanes) is 1. The zero-order valence-electron chi connectivity index (χ0n) is 12.9. The Morgan fingerprint density at radius 2 is 1.24 bits per heavy atom. The van der Waals surface area contributed by atoms with Crippen molar-refractivity contribution in [3.05, 3.63) is 0 Å². The maximum atomic E-state index is 2.64. The van der Waals surface area contributed by atoms with Gasteiger partial charge in [0.2, 0.25) is 0 Å². The summed E-state index contributed by atoms with van der Waals surface area (Å²) in [6.45, 7) is 17.2. The van der Waals surface area contributed by atoms with Gasteiger partial charge in [-0.15, -0.1) is 0 Å². The average Bonchev–Trinajstić information content (AvgIpc) is 2.36. The van der Waals surface area contributed by atoms with Crippen molar-refractivity contribution in [3.8, 4) is 0 Å². The lowest BCUT2D eigenvalue weighted by Gasteiger charge is -2.43. The van der Waals surface area contributed by atoms with Crippen LogP contribution in [0, 0.1) is 0 Å². The van der Waals surface area contributed by atoms with Crippen molar-refractivity contribution in [1.82, 2.24) is 14.4 Å². The van der Waals surface area contributed by atoms with Crippen molar-refractivity contribution < 1.29 is 0 Å². The summed E-state index contributed by atoms with van der Waals surface area (Å²) in [6, 6.07) is 0. The molecular weight excluding hydrogens is 226 g/mol. The van der Waals surface area contributed by atoms with Gasteiger partial charge in [0, 0.05) is 0 Å². The van der Waals surface area contributed by atoms with E-state index in [0.29, 0.717) is 6.29 Å². The average molecular weight is 260 g/mol. The molecule has 0 aliphatic rings. The molecule has 0 rings (SSSR count). The van der Waals surface area contributed by atoms with Gasteiger partial charge in [0.05, 0.1) is 10.4 Å². The number of hydrogen-bond donors (Lipinski definition) is 0. The van der Waals surface area contributed by atoms with Crippen LogP contribution in [-0.4, -0.2) is 63.8 Å². The molecule has 0 atom stereocenters. The third-order valence-electron chi connectivity index (χ3n) is 3.54. The zero-order valence-corrected chi connectivity index (χ0v) is 14.9. The van der Waals surface area contributed by atoms with Crippen molar-refractivity contribution in [2.45, 2.75) is 53.8 Å². The first-order valence-electron chi connectivity index (χ1n) is 7.34. The molecule has 0 aliphatic carbocycles. The van der Waals surface area contributed by atoms with E-state index < -0.39 is 0 Å². The number of nitrogens with zero attached hydrogens (tertiary/aromatic N) is 3. The highest BCUT2D eigenvalue weighted by Gasteiger charge is 2.24. The molecule has 4 heteroatoms. The molecule has 0 heterocycles. The van der Waals surface area contributed by atoms with Gasteiger partial charge >= 0.3 is 0 Å². The molecule has 0 bridgehead atoms. The van der Waals surface area contributed by atoms with E-state index >= 15 is 0 Å². The minimum absolute atomic E-state index is 0.526. The molecule has 0 saturated carbocycles. The van der Waals surface area contributed by atoms with Crippen molar-refractivity contribution in [2.75, 3.05) is 32.7 Å². The zero-order chi connectivity index (χ0) is 13.3. The van der Waals surface area contributed by atoms with Gasteiger partial charge in [0.25, 0.3) is 0 Å². The monoisotopic (exact) mass is 259 g/mol. The quantitative estimate of drug-likeness (QED) is 0.433. The Balaban J connectivity index is 4.68. The summed E-state index contributed by atoms with van der Waals surface area (Å²) in [5.74, 6) is 0. The van der Waals surface area contributed by atoms with E-state index in [2.05, 4.69) is 49.0 Å². The highest BCUT2D eigenvalue weighted by Crippen LogP contribution is 2.10.